The number of benzene rings is 1. The number of hydrogen-bond acceptors (Lipinski definition) is 1. The van der Waals surface area contributed by atoms with Crippen LogP contribution in [0, 0.1) is 6.92 Å². The molecule has 0 N–H and O–H groups in total. The molecule has 0 saturated heterocycles. The molecule has 1 nitrogen and oxygen atoms in total. The standard InChI is InChI=1S/C12H19N.2C2H6/c1-4-10-13(5-2)12-8-6-11(3)7-9-12;2*1-2/h6-9H,4-5,10H2,1-3H3;2*1-2H3. The maximum Gasteiger partial charge on any atom is 0.0366 e. The predicted octanol–water partition coefficient (Wildman–Crippen LogP) is 5.28. The first kappa shape index (κ1) is 18.4. The molecule has 1 aromatic rings. The molecule has 100 valence electrons. The van der Waals surface area contributed by atoms with Crippen LogP contribution in [-0.4, -0.2) is 13.1 Å². The lowest BCUT2D eigenvalue weighted by molar-refractivity contribution is 0.792. The Bertz CT molecular complexity index is 238. The van der Waals surface area contributed by atoms with E-state index in [4.69, 9.17) is 0 Å². The van der Waals surface area contributed by atoms with E-state index in [1.807, 2.05) is 27.7 Å². The highest BCUT2D eigenvalue weighted by atomic mass is 15.1. The maximum absolute atomic E-state index is 2.40. The van der Waals surface area contributed by atoms with Gasteiger partial charge in [0.15, 0.2) is 0 Å². The first-order valence-electron chi connectivity index (χ1n) is 7.09. The fourth-order valence-corrected chi connectivity index (χ4v) is 1.50. The van der Waals surface area contributed by atoms with Crippen LogP contribution in [0.2, 0.25) is 0 Å². The van der Waals surface area contributed by atoms with Crippen LogP contribution in [0.1, 0.15) is 53.5 Å². The summed E-state index contributed by atoms with van der Waals surface area (Å²) in [5.41, 5.74) is 2.67. The van der Waals surface area contributed by atoms with E-state index in [9.17, 15) is 0 Å². The molecule has 1 rings (SSSR count). The van der Waals surface area contributed by atoms with Gasteiger partial charge in [-0.15, -0.1) is 0 Å². The molecule has 0 atom stereocenters. The van der Waals surface area contributed by atoms with Gasteiger partial charge in [0.2, 0.25) is 0 Å². The van der Waals surface area contributed by atoms with Crippen LogP contribution in [0.3, 0.4) is 0 Å². The van der Waals surface area contributed by atoms with Crippen molar-refractivity contribution in [2.24, 2.45) is 0 Å². The van der Waals surface area contributed by atoms with Crippen LogP contribution in [0.15, 0.2) is 24.3 Å². The van der Waals surface area contributed by atoms with Crippen molar-refractivity contribution >= 4 is 5.69 Å². The van der Waals surface area contributed by atoms with E-state index < -0.39 is 0 Å². The van der Waals surface area contributed by atoms with Crippen molar-refractivity contribution in [2.75, 3.05) is 18.0 Å². The van der Waals surface area contributed by atoms with E-state index in [0.717, 1.165) is 13.1 Å². The minimum Gasteiger partial charge on any atom is -0.372 e. The number of rotatable bonds is 4. The van der Waals surface area contributed by atoms with Crippen molar-refractivity contribution in [3.8, 4) is 0 Å². The van der Waals surface area contributed by atoms with Crippen LogP contribution in [0.4, 0.5) is 5.69 Å². The highest BCUT2D eigenvalue weighted by Crippen LogP contribution is 2.14. The third-order valence-corrected chi connectivity index (χ3v) is 2.27. The summed E-state index contributed by atoms with van der Waals surface area (Å²) < 4.78 is 0. The smallest absolute Gasteiger partial charge is 0.0366 e. The van der Waals surface area contributed by atoms with E-state index in [1.54, 1.807) is 0 Å². The predicted molar refractivity (Wildman–Crippen MR) is 82.1 cm³/mol. The molecule has 1 heteroatoms. The summed E-state index contributed by atoms with van der Waals surface area (Å²) in [4.78, 5) is 2.40. The Hall–Kier alpha value is -0.980. The molecule has 0 saturated carbocycles. The molecule has 17 heavy (non-hydrogen) atoms. The second-order valence-corrected chi connectivity index (χ2v) is 3.42. The molecule has 0 aromatic heterocycles. The molecule has 0 aliphatic carbocycles. The van der Waals surface area contributed by atoms with Gasteiger partial charge in [-0.25, -0.2) is 0 Å². The van der Waals surface area contributed by atoms with Gasteiger partial charge in [0.25, 0.3) is 0 Å². The van der Waals surface area contributed by atoms with Gasteiger partial charge >= 0.3 is 0 Å². The van der Waals surface area contributed by atoms with E-state index in [2.05, 4.69) is 49.9 Å². The van der Waals surface area contributed by atoms with E-state index >= 15 is 0 Å². The summed E-state index contributed by atoms with van der Waals surface area (Å²) in [5, 5.41) is 0. The van der Waals surface area contributed by atoms with Crippen molar-refractivity contribution in [1.82, 2.24) is 0 Å². The summed E-state index contributed by atoms with van der Waals surface area (Å²) in [6, 6.07) is 8.75. The maximum atomic E-state index is 2.40. The molecule has 0 aliphatic heterocycles. The molecule has 0 bridgehead atoms. The zero-order valence-corrected chi connectivity index (χ0v) is 12.9. The van der Waals surface area contributed by atoms with Crippen LogP contribution < -0.4 is 4.90 Å². The van der Waals surface area contributed by atoms with E-state index in [1.165, 1.54) is 17.7 Å². The molecule has 0 heterocycles. The second kappa shape index (κ2) is 13.1. The molecule has 0 amide bonds. The Morgan fingerprint density at radius 2 is 1.35 bits per heavy atom. The van der Waals surface area contributed by atoms with Crippen LogP contribution >= 0.6 is 0 Å². The van der Waals surface area contributed by atoms with Gasteiger partial charge in [0.1, 0.15) is 0 Å². The van der Waals surface area contributed by atoms with Crippen molar-refractivity contribution in [2.45, 2.75) is 54.9 Å². The summed E-state index contributed by atoms with van der Waals surface area (Å²) >= 11 is 0. The van der Waals surface area contributed by atoms with Crippen molar-refractivity contribution in [1.29, 1.82) is 0 Å². The Labute approximate surface area is 109 Å². The third kappa shape index (κ3) is 7.84. The molecular weight excluding hydrogens is 206 g/mol. The van der Waals surface area contributed by atoms with Gasteiger partial charge in [0.05, 0.1) is 0 Å². The van der Waals surface area contributed by atoms with Crippen LogP contribution in [-0.2, 0) is 0 Å². The lowest BCUT2D eigenvalue weighted by atomic mass is 10.2. The fraction of sp³-hybridized carbons (Fsp3) is 0.625. The molecule has 0 spiro atoms. The summed E-state index contributed by atoms with van der Waals surface area (Å²) in [6.45, 7) is 16.8. The van der Waals surface area contributed by atoms with Crippen molar-refractivity contribution in [3.05, 3.63) is 29.8 Å². The second-order valence-electron chi connectivity index (χ2n) is 3.42. The van der Waals surface area contributed by atoms with Crippen molar-refractivity contribution in [3.63, 3.8) is 0 Å². The number of nitrogens with zero attached hydrogens (tertiary/aromatic N) is 1. The Morgan fingerprint density at radius 3 is 1.71 bits per heavy atom. The normalized spacial score (nSPS) is 8.41. The van der Waals surface area contributed by atoms with E-state index in [-0.39, 0.29) is 0 Å². The average Bonchev–Trinajstić information content (AvgIpc) is 2.42. The van der Waals surface area contributed by atoms with Gasteiger partial charge in [-0.2, -0.15) is 0 Å². The molecule has 0 aliphatic rings. The first-order valence-corrected chi connectivity index (χ1v) is 7.09. The Morgan fingerprint density at radius 1 is 0.882 bits per heavy atom. The van der Waals surface area contributed by atoms with Crippen LogP contribution in [0.5, 0.6) is 0 Å². The fourth-order valence-electron chi connectivity index (χ4n) is 1.50. The minimum atomic E-state index is 1.09. The number of aryl methyl sites for hydroxylation is 1. The first-order chi connectivity index (χ1) is 8.27. The summed E-state index contributed by atoms with van der Waals surface area (Å²) in [5.74, 6) is 0. The molecule has 0 unspecified atom stereocenters. The highest BCUT2D eigenvalue weighted by Gasteiger charge is 2.00. The zero-order valence-electron chi connectivity index (χ0n) is 12.9. The molecule has 1 aromatic carbocycles. The topological polar surface area (TPSA) is 3.24 Å². The number of hydrogen-bond donors (Lipinski definition) is 0. The van der Waals surface area contributed by atoms with E-state index in [0.29, 0.717) is 0 Å². The largest absolute Gasteiger partial charge is 0.372 e. The molecule has 0 fully saturated rings. The lowest BCUT2D eigenvalue weighted by Crippen LogP contribution is -2.23. The summed E-state index contributed by atoms with van der Waals surface area (Å²) in [7, 11) is 0. The van der Waals surface area contributed by atoms with Gasteiger partial charge in [-0.05, 0) is 32.4 Å². The Kier molecular flexibility index (Phi) is 14.2. The summed E-state index contributed by atoms with van der Waals surface area (Å²) in [6.07, 6.45) is 1.21. The quantitative estimate of drug-likeness (QED) is 0.688. The average molecular weight is 237 g/mol. The van der Waals surface area contributed by atoms with Gasteiger partial charge < -0.3 is 4.90 Å². The SMILES string of the molecule is CC.CC.CCCN(CC)c1ccc(C)cc1. The van der Waals surface area contributed by atoms with Crippen molar-refractivity contribution < 1.29 is 0 Å². The Balaban J connectivity index is 0. The highest BCUT2D eigenvalue weighted by molar-refractivity contribution is 5.47. The van der Waals surface area contributed by atoms with Gasteiger partial charge in [-0.3, -0.25) is 0 Å². The third-order valence-electron chi connectivity index (χ3n) is 2.27. The van der Waals surface area contributed by atoms with Gasteiger partial charge in [0, 0.05) is 18.8 Å². The number of anilines is 1. The molecule has 0 radical (unpaired) electrons. The van der Waals surface area contributed by atoms with Gasteiger partial charge in [-0.1, -0.05) is 52.3 Å². The van der Waals surface area contributed by atoms with Crippen LogP contribution in [0.25, 0.3) is 0 Å². The minimum absolute atomic E-state index is 1.09. The lowest BCUT2D eigenvalue weighted by Gasteiger charge is -2.22. The monoisotopic (exact) mass is 237 g/mol. The molecular formula is C16H31N. The zero-order chi connectivity index (χ0) is 13.7.